The molecule has 0 radical (unpaired) electrons. The number of benzene rings is 7. The van der Waals surface area contributed by atoms with Gasteiger partial charge in [-0.2, -0.15) is 5.26 Å². The number of fused-ring (bicyclic) bond motifs is 1. The van der Waals surface area contributed by atoms with Gasteiger partial charge in [-0.25, -0.2) is 9.97 Å². The molecule has 0 unspecified atom stereocenters. The zero-order valence-electron chi connectivity index (χ0n) is 30.6. The van der Waals surface area contributed by atoms with Crippen LogP contribution in [-0.4, -0.2) is 26.6 Å². The molecule has 9 rings (SSSR count). The third-order valence-electron chi connectivity index (χ3n) is 10.4. The van der Waals surface area contributed by atoms with Crippen LogP contribution in [0.25, 0.3) is 78.1 Å². The van der Waals surface area contributed by atoms with Gasteiger partial charge in [-0.15, -0.1) is 0 Å². The van der Waals surface area contributed by atoms with E-state index in [1.807, 2.05) is 127 Å². The van der Waals surface area contributed by atoms with Crippen molar-refractivity contribution in [3.63, 3.8) is 0 Å². The molecule has 0 bridgehead atoms. The third-order valence-corrected chi connectivity index (χ3v) is 10.4. The number of aromatic nitrogens is 2. The lowest BCUT2D eigenvalue weighted by Gasteiger charge is -2.21. The third kappa shape index (κ3) is 6.50. The first-order valence-electron chi connectivity index (χ1n) is 18.6. The Morgan fingerprint density at radius 2 is 1.07 bits per heavy atom. The van der Waals surface area contributed by atoms with Crippen LogP contribution in [0.5, 0.6) is 0 Å². The zero-order valence-corrected chi connectivity index (χ0v) is 30.6. The summed E-state index contributed by atoms with van der Waals surface area (Å²) in [6.45, 7) is 0. The Balaban J connectivity index is 1.14. The van der Waals surface area contributed by atoms with Crippen LogP contribution in [0.2, 0.25) is 0 Å². The van der Waals surface area contributed by atoms with Gasteiger partial charge in [0.25, 0.3) is 0 Å². The molecule has 1 aliphatic rings. The lowest BCUT2D eigenvalue weighted by Crippen LogP contribution is -2.20. The largest absolute Gasteiger partial charge is 0.410 e. The monoisotopic (exact) mass is 731 g/mol. The summed E-state index contributed by atoms with van der Waals surface area (Å²) in [5, 5.41) is 34.1. The molecule has 57 heavy (non-hydrogen) atoms. The maximum absolute atomic E-state index is 10.2. The van der Waals surface area contributed by atoms with Gasteiger partial charge in [-0.3, -0.25) is 5.41 Å². The second-order valence-corrected chi connectivity index (χ2v) is 13.7. The lowest BCUT2D eigenvalue weighted by atomic mass is 9.83. The average Bonchev–Trinajstić information content (AvgIpc) is 3.29. The van der Waals surface area contributed by atoms with Gasteiger partial charge in [0.1, 0.15) is 5.71 Å². The number of nitriles is 1. The summed E-state index contributed by atoms with van der Waals surface area (Å²) in [6.07, 6.45) is 3.82. The van der Waals surface area contributed by atoms with Crippen molar-refractivity contribution in [2.75, 3.05) is 0 Å². The Morgan fingerprint density at radius 1 is 0.491 bits per heavy atom. The number of rotatable bonds is 7. The molecule has 8 aromatic rings. The van der Waals surface area contributed by atoms with E-state index in [-0.39, 0.29) is 11.4 Å². The van der Waals surface area contributed by atoms with E-state index in [0.717, 1.165) is 72.2 Å². The van der Waals surface area contributed by atoms with Crippen molar-refractivity contribution in [2.45, 2.75) is 0 Å². The molecule has 1 aromatic heterocycles. The van der Waals surface area contributed by atoms with Gasteiger partial charge in [-0.1, -0.05) is 175 Å². The Labute approximate surface area is 330 Å². The number of nitrogens with one attached hydrogen (secondary N) is 1. The second-order valence-electron chi connectivity index (χ2n) is 13.7. The molecule has 6 nitrogen and oxygen atoms in total. The molecule has 0 aliphatic heterocycles. The molecule has 0 fully saturated rings. The predicted molar refractivity (Wildman–Crippen MR) is 231 cm³/mol. The van der Waals surface area contributed by atoms with Gasteiger partial charge in [0.2, 0.25) is 0 Å². The molecule has 2 N–H and O–H groups in total. The summed E-state index contributed by atoms with van der Waals surface area (Å²) in [6, 6.07) is 60.5. The van der Waals surface area contributed by atoms with E-state index < -0.39 is 0 Å². The highest BCUT2D eigenvalue weighted by atomic mass is 16.4. The van der Waals surface area contributed by atoms with Crippen LogP contribution in [0.15, 0.2) is 193 Å². The number of oxime groups is 1. The topological polar surface area (TPSA) is 106 Å². The van der Waals surface area contributed by atoms with Crippen molar-refractivity contribution >= 4 is 33.5 Å². The summed E-state index contributed by atoms with van der Waals surface area (Å²) in [5.41, 5.74) is 13.1. The molecule has 268 valence electrons. The maximum Gasteiger partial charge on any atom is 0.160 e. The normalized spacial score (nSPS) is 13.2. The van der Waals surface area contributed by atoms with Crippen LogP contribution in [0, 0.1) is 16.7 Å². The van der Waals surface area contributed by atoms with E-state index in [1.165, 1.54) is 0 Å². The Morgan fingerprint density at radius 3 is 1.81 bits per heavy atom. The van der Waals surface area contributed by atoms with Crippen LogP contribution >= 0.6 is 0 Å². The molecule has 0 spiro atoms. The minimum atomic E-state index is 0.129. The molecule has 1 heterocycles. The van der Waals surface area contributed by atoms with Crippen molar-refractivity contribution in [3.8, 4) is 62.1 Å². The smallest absolute Gasteiger partial charge is 0.160 e. The number of nitrogens with zero attached hydrogens (tertiary/aromatic N) is 4. The van der Waals surface area contributed by atoms with Crippen molar-refractivity contribution in [1.29, 1.82) is 10.7 Å². The quantitative estimate of drug-likeness (QED) is 0.0967. The summed E-state index contributed by atoms with van der Waals surface area (Å²) < 4.78 is 0. The van der Waals surface area contributed by atoms with Crippen molar-refractivity contribution in [3.05, 3.63) is 205 Å². The molecule has 0 atom stereocenters. The van der Waals surface area contributed by atoms with Gasteiger partial charge in [0, 0.05) is 33.2 Å². The van der Waals surface area contributed by atoms with Crippen LogP contribution in [0.4, 0.5) is 0 Å². The first-order valence-corrected chi connectivity index (χ1v) is 18.6. The Kier molecular flexibility index (Phi) is 9.15. The number of allylic oxidation sites excluding steroid dienone is 4. The minimum absolute atomic E-state index is 0.129. The van der Waals surface area contributed by atoms with E-state index in [0.29, 0.717) is 22.5 Å². The summed E-state index contributed by atoms with van der Waals surface area (Å²) >= 11 is 0. The first-order chi connectivity index (χ1) is 28.1. The van der Waals surface area contributed by atoms with Gasteiger partial charge < -0.3 is 5.21 Å². The maximum atomic E-state index is 10.2. The average molecular weight is 732 g/mol. The van der Waals surface area contributed by atoms with Crippen molar-refractivity contribution in [1.82, 2.24) is 9.97 Å². The first kappa shape index (κ1) is 34.7. The van der Waals surface area contributed by atoms with Crippen LogP contribution in [0.3, 0.4) is 0 Å². The van der Waals surface area contributed by atoms with E-state index in [2.05, 4.69) is 71.9 Å². The molecule has 7 aromatic carbocycles. The van der Waals surface area contributed by atoms with Crippen LogP contribution in [0.1, 0.15) is 16.7 Å². The van der Waals surface area contributed by atoms with E-state index in [4.69, 9.17) is 9.97 Å². The summed E-state index contributed by atoms with van der Waals surface area (Å²) in [7, 11) is 0. The van der Waals surface area contributed by atoms with Gasteiger partial charge in [0.15, 0.2) is 5.82 Å². The fourth-order valence-electron chi connectivity index (χ4n) is 7.56. The Bertz CT molecular complexity index is 2980. The SMILES string of the molecule is N#Cc1ccccc1-c1cc(-c2ccccc2C2=CC=C(c3ccccc3)/C(=N/O)C2=N)ccc1-c1ccc(-c2nc(-c3ccccc3)c3ccccc3n2)cc1. The summed E-state index contributed by atoms with van der Waals surface area (Å²) in [4.78, 5) is 10.0. The van der Waals surface area contributed by atoms with E-state index >= 15 is 0 Å². The highest BCUT2D eigenvalue weighted by Gasteiger charge is 2.25. The second kappa shape index (κ2) is 15.0. The molecule has 0 saturated heterocycles. The highest BCUT2D eigenvalue weighted by molar-refractivity contribution is 6.69. The van der Waals surface area contributed by atoms with Crippen molar-refractivity contribution in [2.24, 2.45) is 5.16 Å². The van der Waals surface area contributed by atoms with Crippen LogP contribution < -0.4 is 0 Å². The van der Waals surface area contributed by atoms with Gasteiger partial charge in [-0.05, 0) is 57.1 Å². The number of para-hydroxylation sites is 1. The fraction of sp³-hybridized carbons (Fsp3) is 0. The fourth-order valence-corrected chi connectivity index (χ4v) is 7.56. The standard InChI is InChI=1S/C51H33N5O/c52-32-38-17-7-8-19-40(38)46-31-37(39-18-9-10-20-43(39)44-30-29-42(50(56-57)48(44)53)33-13-3-1-4-14-33)27-28-41(46)34-23-25-36(26-24-34)51-54-47-22-12-11-21-45(47)49(55-51)35-15-5-2-6-16-35/h1-31,53,57H/b53-48?,56-50-. The predicted octanol–water partition coefficient (Wildman–Crippen LogP) is 12.2. The molecular formula is C51H33N5O. The summed E-state index contributed by atoms with van der Waals surface area (Å²) in [5.74, 6) is 0.642. The number of hydrogen-bond acceptors (Lipinski definition) is 6. The molecular weight excluding hydrogens is 699 g/mol. The van der Waals surface area contributed by atoms with E-state index in [1.54, 1.807) is 0 Å². The lowest BCUT2D eigenvalue weighted by molar-refractivity contribution is 0.321. The highest BCUT2D eigenvalue weighted by Crippen LogP contribution is 2.41. The minimum Gasteiger partial charge on any atom is -0.410 e. The van der Waals surface area contributed by atoms with Crippen LogP contribution in [-0.2, 0) is 0 Å². The zero-order chi connectivity index (χ0) is 38.7. The Hall–Kier alpha value is -8.01. The molecule has 6 heteroatoms. The van der Waals surface area contributed by atoms with Crippen molar-refractivity contribution < 1.29 is 5.21 Å². The number of hydrogen-bond donors (Lipinski definition) is 2. The molecule has 1 aliphatic carbocycles. The molecule has 0 saturated carbocycles. The molecule has 0 amide bonds. The van der Waals surface area contributed by atoms with E-state index in [9.17, 15) is 15.9 Å². The van der Waals surface area contributed by atoms with Gasteiger partial charge in [0.05, 0.1) is 28.6 Å². The van der Waals surface area contributed by atoms with Gasteiger partial charge >= 0.3 is 0 Å².